The Hall–Kier alpha value is -4.25. The quantitative estimate of drug-likeness (QED) is 0.309. The predicted octanol–water partition coefficient (Wildman–Crippen LogP) is 6.44. The molecule has 1 aromatic heterocycles. The lowest BCUT2D eigenvalue weighted by atomic mass is 10.1. The highest BCUT2D eigenvalue weighted by atomic mass is 16.5. The van der Waals surface area contributed by atoms with Gasteiger partial charge in [-0.2, -0.15) is 0 Å². The normalized spacial score (nSPS) is 10.3. The minimum Gasteiger partial charge on any atom is -0.497 e. The molecule has 0 saturated carbocycles. The molecule has 5 nitrogen and oxygen atoms in total. The predicted molar refractivity (Wildman–Crippen MR) is 126 cm³/mol. The zero-order valence-corrected chi connectivity index (χ0v) is 17.8. The van der Waals surface area contributed by atoms with E-state index in [1.807, 2.05) is 66.7 Å². The van der Waals surface area contributed by atoms with Crippen LogP contribution in [0.1, 0.15) is 0 Å². The Kier molecular flexibility index (Phi) is 6.37. The lowest BCUT2D eigenvalue weighted by Crippen LogP contribution is -2.03. The van der Waals surface area contributed by atoms with Crippen molar-refractivity contribution in [3.05, 3.63) is 107 Å². The first-order valence-corrected chi connectivity index (χ1v) is 10.0. The van der Waals surface area contributed by atoms with Crippen molar-refractivity contribution in [2.24, 2.45) is 0 Å². The number of hydrogen-bond donors (Lipinski definition) is 0. The van der Waals surface area contributed by atoms with Gasteiger partial charge in [-0.3, -0.25) is 4.79 Å². The summed E-state index contributed by atoms with van der Waals surface area (Å²) in [5, 5.41) is 1.07. The number of hydrogen-bond acceptors (Lipinski definition) is 5. The van der Waals surface area contributed by atoms with Crippen LogP contribution in [-0.2, 0) is 0 Å². The highest BCUT2D eigenvalue weighted by Crippen LogP contribution is 2.26. The molecule has 0 N–H and O–H groups in total. The largest absolute Gasteiger partial charge is 0.497 e. The van der Waals surface area contributed by atoms with Crippen LogP contribution in [0.3, 0.4) is 0 Å². The van der Waals surface area contributed by atoms with Crippen molar-refractivity contribution in [1.82, 2.24) is 0 Å². The van der Waals surface area contributed by atoms with E-state index in [1.54, 1.807) is 44.6 Å². The molecule has 5 rings (SSSR count). The molecule has 5 aromatic rings. The van der Waals surface area contributed by atoms with Gasteiger partial charge in [-0.1, -0.05) is 42.5 Å². The van der Waals surface area contributed by atoms with E-state index >= 15 is 0 Å². The Morgan fingerprint density at radius 1 is 0.625 bits per heavy atom. The van der Waals surface area contributed by atoms with Crippen molar-refractivity contribution in [2.75, 3.05) is 14.2 Å². The second-order valence-electron chi connectivity index (χ2n) is 6.85. The zero-order valence-electron chi connectivity index (χ0n) is 17.8. The van der Waals surface area contributed by atoms with Gasteiger partial charge in [0.25, 0.3) is 0 Å². The van der Waals surface area contributed by atoms with E-state index in [2.05, 4.69) is 0 Å². The molecule has 160 valence electrons. The van der Waals surface area contributed by atoms with Crippen LogP contribution in [0.5, 0.6) is 23.0 Å². The molecular weight excluding hydrogens is 404 g/mol. The summed E-state index contributed by atoms with van der Waals surface area (Å²) in [6, 6.07) is 29.7. The van der Waals surface area contributed by atoms with Crippen LogP contribution in [-0.4, -0.2) is 14.2 Å². The van der Waals surface area contributed by atoms with E-state index < -0.39 is 0 Å². The number of benzene rings is 4. The zero-order chi connectivity index (χ0) is 22.3. The third-order valence-corrected chi connectivity index (χ3v) is 4.81. The van der Waals surface area contributed by atoms with Gasteiger partial charge in [0.15, 0.2) is 0 Å². The molecule has 0 unspecified atom stereocenters. The van der Waals surface area contributed by atoms with Gasteiger partial charge < -0.3 is 18.6 Å². The van der Waals surface area contributed by atoms with E-state index in [0.29, 0.717) is 27.7 Å². The smallest absolute Gasteiger partial charge is 0.204 e. The number of rotatable bonds is 4. The molecule has 0 fully saturated rings. The third-order valence-electron chi connectivity index (χ3n) is 4.81. The average Bonchev–Trinajstić information content (AvgIpc) is 2.85. The van der Waals surface area contributed by atoms with Crippen molar-refractivity contribution in [2.45, 2.75) is 0 Å². The van der Waals surface area contributed by atoms with E-state index in [0.717, 1.165) is 17.2 Å². The number of methoxy groups -OCH3 is 2. The first-order chi connectivity index (χ1) is 15.7. The summed E-state index contributed by atoms with van der Waals surface area (Å²) >= 11 is 0. The molecular formula is C27H22O5. The Bertz CT molecular complexity index is 1390. The van der Waals surface area contributed by atoms with Crippen molar-refractivity contribution >= 4 is 21.9 Å². The second-order valence-corrected chi connectivity index (χ2v) is 6.85. The van der Waals surface area contributed by atoms with Crippen molar-refractivity contribution in [3.63, 3.8) is 0 Å². The van der Waals surface area contributed by atoms with E-state index in [4.69, 9.17) is 18.6 Å². The molecule has 0 bridgehead atoms. The van der Waals surface area contributed by atoms with Crippen LogP contribution in [0, 0.1) is 0 Å². The maximum absolute atomic E-state index is 12.3. The fourth-order valence-electron chi connectivity index (χ4n) is 3.28. The molecule has 1 heterocycles. The number of fused-ring (bicyclic) bond motifs is 2. The van der Waals surface area contributed by atoms with Gasteiger partial charge in [0, 0.05) is 6.07 Å². The van der Waals surface area contributed by atoms with Gasteiger partial charge in [-0.05, 0) is 48.5 Å². The van der Waals surface area contributed by atoms with Crippen LogP contribution in [0.15, 0.2) is 106 Å². The standard InChI is InChI=1S/C14H10O3.C13H12O2/c1-16-11-7-4-8-12-13(11)14(15)9-5-2-3-6-10(9)17-12;1-14-12-8-5-9-13(10-12)15-11-6-3-2-4-7-11/h2-8H,1H3;2-10H,1H3. The van der Waals surface area contributed by atoms with Gasteiger partial charge in [0.05, 0.1) is 19.6 Å². The molecule has 0 saturated heterocycles. The first-order valence-electron chi connectivity index (χ1n) is 10.0. The van der Waals surface area contributed by atoms with Gasteiger partial charge in [-0.25, -0.2) is 0 Å². The molecule has 0 aliphatic rings. The first kappa shape index (κ1) is 21.0. The van der Waals surface area contributed by atoms with Crippen LogP contribution in [0.4, 0.5) is 0 Å². The summed E-state index contributed by atoms with van der Waals surface area (Å²) in [6.07, 6.45) is 0. The maximum atomic E-state index is 12.3. The maximum Gasteiger partial charge on any atom is 0.204 e. The van der Waals surface area contributed by atoms with Gasteiger partial charge in [0.2, 0.25) is 5.43 Å². The van der Waals surface area contributed by atoms with Crippen LogP contribution >= 0.6 is 0 Å². The summed E-state index contributed by atoms with van der Waals surface area (Å²) in [5.74, 6) is 2.94. The second kappa shape index (κ2) is 9.71. The lowest BCUT2D eigenvalue weighted by molar-refractivity contribution is 0.409. The van der Waals surface area contributed by atoms with Gasteiger partial charge in [-0.15, -0.1) is 0 Å². The van der Waals surface area contributed by atoms with Gasteiger partial charge in [0.1, 0.15) is 39.6 Å². The van der Waals surface area contributed by atoms with Crippen molar-refractivity contribution in [3.8, 4) is 23.0 Å². The molecule has 0 aliphatic carbocycles. The van der Waals surface area contributed by atoms with Crippen LogP contribution < -0.4 is 19.6 Å². The van der Waals surface area contributed by atoms with E-state index in [-0.39, 0.29) is 5.43 Å². The Labute approximate surface area is 185 Å². The number of para-hydroxylation sites is 2. The SMILES string of the molecule is COc1cccc(Oc2ccccc2)c1.COc1cccc2oc3ccccc3c(=O)c12. The lowest BCUT2D eigenvalue weighted by Gasteiger charge is -2.06. The van der Waals surface area contributed by atoms with E-state index in [1.165, 1.54) is 0 Å². The molecule has 0 spiro atoms. The van der Waals surface area contributed by atoms with Crippen LogP contribution in [0.2, 0.25) is 0 Å². The molecule has 32 heavy (non-hydrogen) atoms. The minimum absolute atomic E-state index is 0.0562. The topological polar surface area (TPSA) is 57.9 Å². The Morgan fingerprint density at radius 3 is 2.06 bits per heavy atom. The molecule has 0 radical (unpaired) electrons. The highest BCUT2D eigenvalue weighted by molar-refractivity contribution is 5.93. The Morgan fingerprint density at radius 2 is 1.28 bits per heavy atom. The fraction of sp³-hybridized carbons (Fsp3) is 0.0741. The minimum atomic E-state index is -0.0562. The monoisotopic (exact) mass is 426 g/mol. The van der Waals surface area contributed by atoms with Crippen LogP contribution in [0.25, 0.3) is 21.9 Å². The Balaban J connectivity index is 0.000000155. The summed E-state index contributed by atoms with van der Waals surface area (Å²) in [4.78, 5) is 12.3. The summed E-state index contributed by atoms with van der Waals surface area (Å²) in [5.41, 5.74) is 1.09. The fourth-order valence-corrected chi connectivity index (χ4v) is 3.28. The summed E-state index contributed by atoms with van der Waals surface area (Å²) in [7, 11) is 3.19. The molecule has 0 aliphatic heterocycles. The van der Waals surface area contributed by atoms with Gasteiger partial charge >= 0.3 is 0 Å². The molecule has 0 atom stereocenters. The number of ether oxygens (including phenoxy) is 3. The average molecular weight is 426 g/mol. The third kappa shape index (κ3) is 4.57. The molecule has 4 aromatic carbocycles. The highest BCUT2D eigenvalue weighted by Gasteiger charge is 2.10. The molecule has 5 heteroatoms. The summed E-state index contributed by atoms with van der Waals surface area (Å²) < 4.78 is 21.6. The summed E-state index contributed by atoms with van der Waals surface area (Å²) in [6.45, 7) is 0. The van der Waals surface area contributed by atoms with Crippen molar-refractivity contribution in [1.29, 1.82) is 0 Å². The van der Waals surface area contributed by atoms with E-state index in [9.17, 15) is 4.79 Å². The molecule has 0 amide bonds. The van der Waals surface area contributed by atoms with Crippen molar-refractivity contribution < 1.29 is 18.6 Å².